The Morgan fingerprint density at radius 2 is 1.81 bits per heavy atom. The van der Waals surface area contributed by atoms with E-state index in [0.717, 1.165) is 12.1 Å². The van der Waals surface area contributed by atoms with E-state index >= 15 is 0 Å². The van der Waals surface area contributed by atoms with Gasteiger partial charge in [0, 0.05) is 35.2 Å². The molecule has 0 bridgehead atoms. The Bertz CT molecular complexity index is 769. The summed E-state index contributed by atoms with van der Waals surface area (Å²) in [5, 5.41) is 11.8. The highest BCUT2D eigenvalue weighted by atomic mass is 79.9. The van der Waals surface area contributed by atoms with Crippen molar-refractivity contribution >= 4 is 21.8 Å². The van der Waals surface area contributed by atoms with E-state index in [1.54, 1.807) is 17.0 Å². The van der Waals surface area contributed by atoms with Gasteiger partial charge in [-0.1, -0.05) is 22.0 Å². The lowest BCUT2D eigenvalue weighted by Gasteiger charge is -2.21. The number of hydrogen-bond donors (Lipinski definition) is 2. The van der Waals surface area contributed by atoms with Crippen LogP contribution in [0.2, 0.25) is 0 Å². The monoisotopic (exact) mass is 444 g/mol. The predicted molar refractivity (Wildman–Crippen MR) is 99.5 cm³/mol. The SMILES string of the molecule is O=C(CN(CCO)Cc1cc(Br)ccc1F)NCCc1c(F)cccc1F. The lowest BCUT2D eigenvalue weighted by atomic mass is 10.1. The van der Waals surface area contributed by atoms with Gasteiger partial charge < -0.3 is 10.4 Å². The number of amides is 1. The molecule has 8 heteroatoms. The van der Waals surface area contributed by atoms with Crippen LogP contribution in [0, 0.1) is 17.5 Å². The molecule has 2 N–H and O–H groups in total. The second-order valence-electron chi connectivity index (χ2n) is 5.97. The number of halogens is 4. The van der Waals surface area contributed by atoms with Crippen molar-refractivity contribution < 1.29 is 23.1 Å². The molecule has 0 radical (unpaired) electrons. The minimum Gasteiger partial charge on any atom is -0.395 e. The molecule has 0 heterocycles. The molecule has 1 amide bonds. The van der Waals surface area contributed by atoms with Gasteiger partial charge >= 0.3 is 0 Å². The number of nitrogens with zero attached hydrogens (tertiary/aromatic N) is 1. The van der Waals surface area contributed by atoms with Gasteiger partial charge in [0.25, 0.3) is 0 Å². The van der Waals surface area contributed by atoms with Crippen molar-refractivity contribution in [2.45, 2.75) is 13.0 Å². The van der Waals surface area contributed by atoms with Crippen molar-refractivity contribution in [3.8, 4) is 0 Å². The van der Waals surface area contributed by atoms with Crippen LogP contribution in [0.4, 0.5) is 13.2 Å². The first-order valence-corrected chi connectivity index (χ1v) is 9.16. The van der Waals surface area contributed by atoms with Crippen LogP contribution in [-0.4, -0.2) is 42.2 Å². The van der Waals surface area contributed by atoms with Gasteiger partial charge in [0.2, 0.25) is 5.91 Å². The van der Waals surface area contributed by atoms with Crippen LogP contribution in [0.15, 0.2) is 40.9 Å². The molecule has 0 unspecified atom stereocenters. The number of nitrogens with one attached hydrogen (secondary N) is 1. The molecule has 0 aromatic heterocycles. The molecule has 146 valence electrons. The van der Waals surface area contributed by atoms with Crippen molar-refractivity contribution in [1.82, 2.24) is 10.2 Å². The fourth-order valence-electron chi connectivity index (χ4n) is 2.62. The van der Waals surface area contributed by atoms with Crippen molar-refractivity contribution in [3.63, 3.8) is 0 Å². The zero-order valence-corrected chi connectivity index (χ0v) is 16.1. The Hall–Kier alpha value is -1.90. The van der Waals surface area contributed by atoms with E-state index in [0.29, 0.717) is 10.0 Å². The Balaban J connectivity index is 1.90. The van der Waals surface area contributed by atoms with Crippen LogP contribution >= 0.6 is 15.9 Å². The van der Waals surface area contributed by atoms with Crippen molar-refractivity contribution in [3.05, 3.63) is 69.4 Å². The summed E-state index contributed by atoms with van der Waals surface area (Å²) in [5.41, 5.74) is 0.306. The molecule has 2 aromatic carbocycles. The maximum Gasteiger partial charge on any atom is 0.234 e. The lowest BCUT2D eigenvalue weighted by molar-refractivity contribution is -0.122. The summed E-state index contributed by atoms with van der Waals surface area (Å²) in [5.74, 6) is -2.10. The maximum atomic E-state index is 13.9. The Labute approximate surface area is 164 Å². The second kappa shape index (κ2) is 10.4. The summed E-state index contributed by atoms with van der Waals surface area (Å²) in [4.78, 5) is 13.7. The summed E-state index contributed by atoms with van der Waals surface area (Å²) in [6, 6.07) is 8.11. The molecule has 0 aliphatic carbocycles. The Morgan fingerprint density at radius 1 is 1.11 bits per heavy atom. The third kappa shape index (κ3) is 6.64. The number of carbonyl (C=O) groups is 1. The first-order valence-electron chi connectivity index (χ1n) is 8.37. The van der Waals surface area contributed by atoms with E-state index in [1.165, 1.54) is 12.1 Å². The van der Waals surface area contributed by atoms with Gasteiger partial charge in [0.1, 0.15) is 17.5 Å². The molecule has 0 saturated carbocycles. The predicted octanol–water partition coefficient (Wildman–Crippen LogP) is 3.02. The second-order valence-corrected chi connectivity index (χ2v) is 6.89. The van der Waals surface area contributed by atoms with Gasteiger partial charge in [-0.15, -0.1) is 0 Å². The van der Waals surface area contributed by atoms with Crippen molar-refractivity contribution in [1.29, 1.82) is 0 Å². The van der Waals surface area contributed by atoms with Crippen molar-refractivity contribution in [2.24, 2.45) is 0 Å². The molecule has 0 fully saturated rings. The van der Waals surface area contributed by atoms with E-state index in [-0.39, 0.29) is 50.7 Å². The summed E-state index contributed by atoms with van der Waals surface area (Å²) >= 11 is 3.27. The number of hydrogen-bond acceptors (Lipinski definition) is 3. The van der Waals surface area contributed by atoms with Crippen LogP contribution in [0.5, 0.6) is 0 Å². The molecule has 2 aromatic rings. The molecule has 0 spiro atoms. The van der Waals surface area contributed by atoms with Crippen molar-refractivity contribution in [2.75, 3.05) is 26.2 Å². The number of rotatable bonds is 9. The lowest BCUT2D eigenvalue weighted by Crippen LogP contribution is -2.39. The van der Waals surface area contributed by atoms with E-state index in [9.17, 15) is 23.1 Å². The van der Waals surface area contributed by atoms with Crippen LogP contribution in [0.25, 0.3) is 0 Å². The highest BCUT2D eigenvalue weighted by molar-refractivity contribution is 9.10. The molecule has 27 heavy (non-hydrogen) atoms. The van der Waals surface area contributed by atoms with E-state index in [4.69, 9.17) is 0 Å². The molecule has 0 saturated heterocycles. The van der Waals surface area contributed by atoms with E-state index in [2.05, 4.69) is 21.2 Å². The zero-order chi connectivity index (χ0) is 19.8. The number of aliphatic hydroxyl groups is 1. The van der Waals surface area contributed by atoms with Gasteiger partial charge in [0.15, 0.2) is 0 Å². The van der Waals surface area contributed by atoms with E-state index < -0.39 is 17.5 Å². The highest BCUT2D eigenvalue weighted by Crippen LogP contribution is 2.17. The average Bonchev–Trinajstić information content (AvgIpc) is 2.61. The smallest absolute Gasteiger partial charge is 0.234 e. The van der Waals surface area contributed by atoms with Gasteiger partial charge in [0.05, 0.1) is 13.2 Å². The molecular formula is C19H20BrF3N2O2. The van der Waals surface area contributed by atoms with Gasteiger partial charge in [-0.25, -0.2) is 13.2 Å². The molecule has 0 atom stereocenters. The summed E-state index contributed by atoms with van der Waals surface area (Å²) in [7, 11) is 0. The summed E-state index contributed by atoms with van der Waals surface area (Å²) < 4.78 is 41.7. The number of carbonyl (C=O) groups excluding carboxylic acids is 1. The third-order valence-electron chi connectivity index (χ3n) is 3.94. The highest BCUT2D eigenvalue weighted by Gasteiger charge is 2.14. The Kier molecular flexibility index (Phi) is 8.27. The number of benzene rings is 2. The van der Waals surface area contributed by atoms with Gasteiger partial charge in [-0.05, 0) is 36.8 Å². The minimum absolute atomic E-state index is 0.0184. The maximum absolute atomic E-state index is 13.9. The Morgan fingerprint density at radius 3 is 2.48 bits per heavy atom. The first-order chi connectivity index (χ1) is 12.9. The van der Waals surface area contributed by atoms with Crippen LogP contribution in [0.3, 0.4) is 0 Å². The zero-order valence-electron chi connectivity index (χ0n) is 14.5. The van der Waals surface area contributed by atoms with Gasteiger partial charge in [-0.3, -0.25) is 9.69 Å². The first kappa shape index (κ1) is 21.4. The van der Waals surface area contributed by atoms with Crippen LogP contribution in [-0.2, 0) is 17.8 Å². The average molecular weight is 445 g/mol. The topological polar surface area (TPSA) is 52.6 Å². The molecule has 0 aliphatic heterocycles. The normalized spacial score (nSPS) is 11.0. The molecular weight excluding hydrogens is 425 g/mol. The standard InChI is InChI=1S/C19H20BrF3N2O2/c20-14-4-5-16(21)13(10-14)11-25(8-9-26)12-19(27)24-7-6-15-17(22)2-1-3-18(15)23/h1-5,10,26H,6-9,11-12H2,(H,24,27). The molecule has 4 nitrogen and oxygen atoms in total. The fraction of sp³-hybridized carbons (Fsp3) is 0.316. The minimum atomic E-state index is -0.656. The summed E-state index contributed by atoms with van der Waals surface area (Å²) in [6.07, 6.45) is 0.0184. The molecule has 0 aliphatic rings. The fourth-order valence-corrected chi connectivity index (χ4v) is 3.03. The number of aliphatic hydroxyl groups excluding tert-OH is 1. The van der Waals surface area contributed by atoms with E-state index in [1.807, 2.05) is 0 Å². The third-order valence-corrected chi connectivity index (χ3v) is 4.44. The quantitative estimate of drug-likeness (QED) is 0.624. The molecule has 2 rings (SSSR count). The van der Waals surface area contributed by atoms with Crippen LogP contribution < -0.4 is 5.32 Å². The van der Waals surface area contributed by atoms with Crippen LogP contribution in [0.1, 0.15) is 11.1 Å². The largest absolute Gasteiger partial charge is 0.395 e. The van der Waals surface area contributed by atoms with Gasteiger partial charge in [-0.2, -0.15) is 0 Å². The summed E-state index contributed by atoms with van der Waals surface area (Å²) in [6.45, 7) is 0.118.